The first-order valence-electron chi connectivity index (χ1n) is 6.64. The van der Waals surface area contributed by atoms with Gasteiger partial charge in [-0.25, -0.2) is 17.5 Å². The van der Waals surface area contributed by atoms with Crippen LogP contribution in [0.3, 0.4) is 0 Å². The topological polar surface area (TPSA) is 72.2 Å². The molecule has 7 heteroatoms. The van der Waals surface area contributed by atoms with Gasteiger partial charge in [0.05, 0.1) is 10.7 Å². The predicted octanol–water partition coefficient (Wildman–Crippen LogP) is 2.92. The van der Waals surface area contributed by atoms with Gasteiger partial charge in [0.15, 0.2) is 0 Å². The van der Waals surface area contributed by atoms with Crippen LogP contribution in [-0.2, 0) is 10.0 Å². The fraction of sp³-hybridized carbons (Fsp3) is 0.538. The van der Waals surface area contributed by atoms with Gasteiger partial charge in [0.1, 0.15) is 10.7 Å². The Hall–Kier alpha value is -0.850. The number of benzene rings is 1. The molecule has 0 amide bonds. The molecule has 4 nitrogen and oxygen atoms in total. The Morgan fingerprint density at radius 1 is 1.30 bits per heavy atom. The van der Waals surface area contributed by atoms with Crippen LogP contribution >= 0.6 is 11.6 Å². The summed E-state index contributed by atoms with van der Waals surface area (Å²) in [5.74, 6) is -0.365. The van der Waals surface area contributed by atoms with E-state index in [0.717, 1.165) is 37.8 Å². The van der Waals surface area contributed by atoms with Crippen molar-refractivity contribution in [3.8, 4) is 0 Å². The molecule has 0 unspecified atom stereocenters. The van der Waals surface area contributed by atoms with Crippen molar-refractivity contribution in [3.05, 3.63) is 23.0 Å². The zero-order valence-electron chi connectivity index (χ0n) is 11.0. The molecule has 1 aliphatic rings. The van der Waals surface area contributed by atoms with Crippen LogP contribution in [0.2, 0.25) is 5.02 Å². The van der Waals surface area contributed by atoms with Crippen LogP contribution in [0.1, 0.15) is 32.1 Å². The average Bonchev–Trinajstić information content (AvgIpc) is 2.42. The second-order valence-corrected chi connectivity index (χ2v) is 7.30. The lowest BCUT2D eigenvalue weighted by Gasteiger charge is -2.21. The zero-order chi connectivity index (χ0) is 14.8. The van der Waals surface area contributed by atoms with Gasteiger partial charge in [-0.15, -0.1) is 0 Å². The van der Waals surface area contributed by atoms with Gasteiger partial charge in [-0.1, -0.05) is 30.9 Å². The van der Waals surface area contributed by atoms with Crippen LogP contribution < -0.4 is 10.5 Å². The summed E-state index contributed by atoms with van der Waals surface area (Å²) in [7, 11) is -3.76. The third-order valence-electron chi connectivity index (χ3n) is 3.63. The number of sulfonamides is 1. The molecule has 0 heterocycles. The Kier molecular flexibility index (Phi) is 4.88. The summed E-state index contributed by atoms with van der Waals surface area (Å²) in [5.41, 5.74) is 5.17. The highest BCUT2D eigenvalue weighted by Crippen LogP contribution is 2.27. The molecule has 0 bridgehead atoms. The number of hydrogen-bond donors (Lipinski definition) is 2. The lowest BCUT2D eigenvalue weighted by molar-refractivity contribution is 0.357. The van der Waals surface area contributed by atoms with Crippen molar-refractivity contribution in [2.24, 2.45) is 5.92 Å². The molecule has 1 fully saturated rings. The van der Waals surface area contributed by atoms with Crippen molar-refractivity contribution in [2.45, 2.75) is 37.0 Å². The van der Waals surface area contributed by atoms with Gasteiger partial charge in [-0.05, 0) is 30.9 Å². The normalized spacial score (nSPS) is 17.3. The number of anilines is 1. The molecular weight excluding hydrogens is 303 g/mol. The maximum atomic E-state index is 13.2. The Balaban J connectivity index is 2.11. The number of hydrogen-bond acceptors (Lipinski definition) is 3. The summed E-state index contributed by atoms with van der Waals surface area (Å²) < 4.78 is 40.1. The lowest BCUT2D eigenvalue weighted by Crippen LogP contribution is -2.30. The van der Waals surface area contributed by atoms with Crippen LogP contribution in [0.4, 0.5) is 10.1 Å². The molecule has 112 valence electrons. The molecule has 1 aromatic carbocycles. The van der Waals surface area contributed by atoms with Crippen LogP contribution in [0.5, 0.6) is 0 Å². The monoisotopic (exact) mass is 320 g/mol. The predicted molar refractivity (Wildman–Crippen MR) is 77.6 cm³/mol. The summed E-state index contributed by atoms with van der Waals surface area (Å²) >= 11 is 5.79. The van der Waals surface area contributed by atoms with Crippen LogP contribution in [0, 0.1) is 11.7 Å². The molecule has 1 aromatic rings. The molecule has 0 atom stereocenters. The largest absolute Gasteiger partial charge is 0.396 e. The summed E-state index contributed by atoms with van der Waals surface area (Å²) in [4.78, 5) is -0.172. The zero-order valence-corrected chi connectivity index (χ0v) is 12.6. The molecule has 0 aliphatic heterocycles. The highest BCUT2D eigenvalue weighted by atomic mass is 35.5. The van der Waals surface area contributed by atoms with E-state index < -0.39 is 15.8 Å². The van der Waals surface area contributed by atoms with E-state index in [1.807, 2.05) is 0 Å². The van der Waals surface area contributed by atoms with E-state index in [4.69, 9.17) is 17.3 Å². The molecule has 3 N–H and O–H groups in total. The van der Waals surface area contributed by atoms with Crippen molar-refractivity contribution in [3.63, 3.8) is 0 Å². The van der Waals surface area contributed by atoms with Crippen LogP contribution in [-0.4, -0.2) is 15.0 Å². The molecule has 0 saturated heterocycles. The molecule has 0 aromatic heterocycles. The van der Waals surface area contributed by atoms with Crippen LogP contribution in [0.25, 0.3) is 0 Å². The van der Waals surface area contributed by atoms with Crippen molar-refractivity contribution in [1.29, 1.82) is 0 Å². The third kappa shape index (κ3) is 3.62. The molecule has 2 rings (SSSR count). The van der Waals surface area contributed by atoms with Gasteiger partial charge in [0, 0.05) is 6.54 Å². The number of halogens is 2. The molecule has 20 heavy (non-hydrogen) atoms. The third-order valence-corrected chi connectivity index (χ3v) is 5.52. The molecule has 1 aliphatic carbocycles. The first-order chi connectivity index (χ1) is 9.40. The first-order valence-corrected chi connectivity index (χ1v) is 8.50. The van der Waals surface area contributed by atoms with E-state index in [1.165, 1.54) is 6.42 Å². The van der Waals surface area contributed by atoms with E-state index in [9.17, 15) is 12.8 Å². The molecule has 0 radical (unpaired) electrons. The summed E-state index contributed by atoms with van der Waals surface area (Å²) in [6.45, 7) is 0.385. The van der Waals surface area contributed by atoms with Gasteiger partial charge < -0.3 is 5.73 Å². The number of nitrogen functional groups attached to an aromatic ring is 1. The SMILES string of the molecule is Nc1cc(S(=O)(=O)NCC2CCCCC2)c(Cl)cc1F. The average molecular weight is 321 g/mol. The van der Waals surface area contributed by atoms with Gasteiger partial charge in [0.25, 0.3) is 0 Å². The van der Waals surface area contributed by atoms with Crippen molar-refractivity contribution >= 4 is 27.3 Å². The number of rotatable bonds is 4. The second kappa shape index (κ2) is 6.28. The van der Waals surface area contributed by atoms with Crippen molar-refractivity contribution in [1.82, 2.24) is 4.72 Å². The fourth-order valence-corrected chi connectivity index (χ4v) is 4.11. The molecule has 0 spiro atoms. The fourth-order valence-electron chi connectivity index (χ4n) is 2.45. The van der Waals surface area contributed by atoms with Crippen molar-refractivity contribution < 1.29 is 12.8 Å². The highest BCUT2D eigenvalue weighted by molar-refractivity contribution is 7.89. The van der Waals surface area contributed by atoms with Gasteiger partial charge in [-0.3, -0.25) is 0 Å². The summed E-state index contributed by atoms with van der Waals surface area (Å²) in [6.07, 6.45) is 5.54. The number of nitrogens with one attached hydrogen (secondary N) is 1. The summed E-state index contributed by atoms with van der Waals surface area (Å²) in [5, 5.41) is -0.159. The smallest absolute Gasteiger partial charge is 0.242 e. The van der Waals surface area contributed by atoms with Crippen molar-refractivity contribution in [2.75, 3.05) is 12.3 Å². The molecular formula is C13H18ClFN2O2S. The van der Waals surface area contributed by atoms with E-state index >= 15 is 0 Å². The Bertz CT molecular complexity index is 586. The van der Waals surface area contributed by atoms with E-state index in [0.29, 0.717) is 12.5 Å². The first kappa shape index (κ1) is 15.5. The highest BCUT2D eigenvalue weighted by Gasteiger charge is 2.22. The molecule has 1 saturated carbocycles. The van der Waals surface area contributed by atoms with Gasteiger partial charge >= 0.3 is 0 Å². The quantitative estimate of drug-likeness (QED) is 0.838. The minimum atomic E-state index is -3.76. The second-order valence-electron chi connectivity index (χ2n) is 5.16. The van der Waals surface area contributed by atoms with E-state index in [1.54, 1.807) is 0 Å². The lowest BCUT2D eigenvalue weighted by atomic mass is 9.90. The summed E-state index contributed by atoms with van der Waals surface area (Å²) in [6, 6.07) is 1.98. The number of nitrogens with two attached hydrogens (primary N) is 1. The van der Waals surface area contributed by atoms with Crippen LogP contribution in [0.15, 0.2) is 17.0 Å². The maximum Gasteiger partial charge on any atom is 0.242 e. The van der Waals surface area contributed by atoms with E-state index in [-0.39, 0.29) is 15.6 Å². The minimum absolute atomic E-state index is 0.159. The Labute approximate surface area is 123 Å². The van der Waals surface area contributed by atoms with Gasteiger partial charge in [-0.2, -0.15) is 0 Å². The Morgan fingerprint density at radius 2 is 1.95 bits per heavy atom. The maximum absolute atomic E-state index is 13.2. The van der Waals surface area contributed by atoms with Gasteiger partial charge in [0.2, 0.25) is 10.0 Å². The minimum Gasteiger partial charge on any atom is -0.396 e. The van der Waals surface area contributed by atoms with E-state index in [2.05, 4.69) is 4.72 Å². The standard InChI is InChI=1S/C13H18ClFN2O2S/c14-10-6-11(15)12(16)7-13(10)20(18,19)17-8-9-4-2-1-3-5-9/h6-7,9,17H,1-5,8,16H2. The Morgan fingerprint density at radius 3 is 2.60 bits per heavy atom.